The lowest BCUT2D eigenvalue weighted by atomic mass is 9.98. The number of benzene rings is 2. The van der Waals surface area contributed by atoms with E-state index in [4.69, 9.17) is 27.9 Å². The summed E-state index contributed by atoms with van der Waals surface area (Å²) in [5.41, 5.74) is 2.80. The Morgan fingerprint density at radius 1 is 1.13 bits per heavy atom. The molecule has 0 spiro atoms. The van der Waals surface area contributed by atoms with Gasteiger partial charge < -0.3 is 14.7 Å². The molecule has 210 valence electrons. The molecule has 2 aliphatic rings. The van der Waals surface area contributed by atoms with Gasteiger partial charge in [-0.05, 0) is 60.6 Å². The Morgan fingerprint density at radius 2 is 1.87 bits per heavy atom. The number of carbonyl (C=O) groups is 3. The lowest BCUT2D eigenvalue weighted by Gasteiger charge is -2.34. The normalized spacial score (nSPS) is 16.9. The van der Waals surface area contributed by atoms with Crippen molar-refractivity contribution in [3.63, 3.8) is 0 Å². The Labute approximate surface area is 239 Å². The van der Waals surface area contributed by atoms with Gasteiger partial charge in [-0.1, -0.05) is 54.2 Å². The van der Waals surface area contributed by atoms with Crippen LogP contribution in [0.5, 0.6) is 5.75 Å². The molecule has 2 aromatic rings. The molecule has 3 amide bonds. The van der Waals surface area contributed by atoms with Crippen LogP contribution in [0.3, 0.4) is 0 Å². The molecule has 10 heteroatoms. The predicted molar refractivity (Wildman–Crippen MR) is 150 cm³/mol. The quantitative estimate of drug-likeness (QED) is 0.322. The van der Waals surface area contributed by atoms with E-state index in [-0.39, 0.29) is 44.1 Å². The molecule has 0 radical (unpaired) electrons. The molecule has 1 saturated carbocycles. The van der Waals surface area contributed by atoms with Crippen molar-refractivity contribution in [3.05, 3.63) is 63.1 Å². The highest BCUT2D eigenvalue weighted by Gasteiger charge is 2.33. The van der Waals surface area contributed by atoms with Crippen LogP contribution in [0.1, 0.15) is 54.8 Å². The standard InChI is InChI=1S/C29H35Cl2N3O5/c1-19-13-21(7-10-26(19)39-12-11-34-27(35)18-32(2)29(34)38)17-33(16-20-5-3-4-6-20)25(15-28(36)37)22-8-9-23(30)24(31)14-22/h7-10,13-14,20,25H,3-6,11-12,15-18H2,1-2H3,(H,36,37). The van der Waals surface area contributed by atoms with Gasteiger partial charge in [0.25, 0.3) is 0 Å². The highest BCUT2D eigenvalue weighted by Crippen LogP contribution is 2.35. The van der Waals surface area contributed by atoms with Gasteiger partial charge in [0.15, 0.2) is 0 Å². The molecule has 2 fully saturated rings. The minimum atomic E-state index is -0.872. The molecule has 1 unspecified atom stereocenters. The van der Waals surface area contributed by atoms with Gasteiger partial charge in [-0.15, -0.1) is 0 Å². The van der Waals surface area contributed by atoms with Crippen LogP contribution in [0.15, 0.2) is 36.4 Å². The van der Waals surface area contributed by atoms with Gasteiger partial charge in [0, 0.05) is 26.2 Å². The van der Waals surface area contributed by atoms with Crippen LogP contribution >= 0.6 is 23.2 Å². The maximum Gasteiger partial charge on any atom is 0.327 e. The largest absolute Gasteiger partial charge is 0.491 e. The highest BCUT2D eigenvalue weighted by atomic mass is 35.5. The van der Waals surface area contributed by atoms with Crippen molar-refractivity contribution in [2.24, 2.45) is 5.92 Å². The number of aliphatic carboxylic acids is 1. The van der Waals surface area contributed by atoms with Crippen molar-refractivity contribution in [3.8, 4) is 5.75 Å². The van der Waals surface area contributed by atoms with E-state index < -0.39 is 5.97 Å². The summed E-state index contributed by atoms with van der Waals surface area (Å²) in [4.78, 5) is 40.8. The second-order valence-electron chi connectivity index (χ2n) is 10.5. The molecule has 8 nitrogen and oxygen atoms in total. The Balaban J connectivity index is 1.50. The van der Waals surface area contributed by atoms with Crippen molar-refractivity contribution >= 4 is 41.1 Å². The minimum Gasteiger partial charge on any atom is -0.491 e. The first-order valence-electron chi connectivity index (χ1n) is 13.3. The van der Waals surface area contributed by atoms with Gasteiger partial charge in [0.1, 0.15) is 18.9 Å². The number of imide groups is 1. The molecule has 1 aliphatic carbocycles. The molecule has 1 N–H and O–H groups in total. The zero-order valence-electron chi connectivity index (χ0n) is 22.4. The summed E-state index contributed by atoms with van der Waals surface area (Å²) < 4.78 is 5.91. The average Bonchev–Trinajstić information content (AvgIpc) is 3.48. The van der Waals surface area contributed by atoms with Crippen molar-refractivity contribution in [1.82, 2.24) is 14.7 Å². The zero-order valence-corrected chi connectivity index (χ0v) is 23.9. The molecule has 1 aliphatic heterocycles. The van der Waals surface area contributed by atoms with Crippen LogP contribution in [0.4, 0.5) is 4.79 Å². The highest BCUT2D eigenvalue weighted by molar-refractivity contribution is 6.42. The number of carboxylic acids is 1. The number of hydrogen-bond donors (Lipinski definition) is 1. The van der Waals surface area contributed by atoms with E-state index in [0.717, 1.165) is 36.1 Å². The van der Waals surface area contributed by atoms with Gasteiger partial charge >= 0.3 is 12.0 Å². The smallest absolute Gasteiger partial charge is 0.327 e. The number of likely N-dealkylation sites (N-methyl/N-ethyl adjacent to an activating group) is 1. The van der Waals surface area contributed by atoms with Crippen LogP contribution in [0.2, 0.25) is 10.0 Å². The molecule has 1 atom stereocenters. The number of aryl methyl sites for hydroxylation is 1. The molecule has 1 heterocycles. The van der Waals surface area contributed by atoms with Crippen molar-refractivity contribution in [1.29, 1.82) is 0 Å². The topological polar surface area (TPSA) is 90.4 Å². The van der Waals surface area contributed by atoms with Gasteiger partial charge in [0.05, 0.1) is 23.0 Å². The maximum atomic E-state index is 12.1. The van der Waals surface area contributed by atoms with E-state index in [1.807, 2.05) is 31.2 Å². The molecule has 0 bridgehead atoms. The molecule has 1 saturated heterocycles. The molecule has 39 heavy (non-hydrogen) atoms. The summed E-state index contributed by atoms with van der Waals surface area (Å²) in [5.74, 6) is 0.102. The number of urea groups is 1. The van der Waals surface area contributed by atoms with Crippen LogP contribution < -0.4 is 4.74 Å². The van der Waals surface area contributed by atoms with Crippen LogP contribution in [-0.2, 0) is 16.1 Å². The molecular weight excluding hydrogens is 541 g/mol. The number of halogens is 2. The predicted octanol–water partition coefficient (Wildman–Crippen LogP) is 5.78. The number of nitrogens with zero attached hydrogens (tertiary/aromatic N) is 3. The molecule has 0 aromatic heterocycles. The fourth-order valence-electron chi connectivity index (χ4n) is 5.51. The van der Waals surface area contributed by atoms with Gasteiger partial charge in [-0.25, -0.2) is 4.79 Å². The van der Waals surface area contributed by atoms with Gasteiger partial charge in [0.2, 0.25) is 5.91 Å². The third-order valence-electron chi connectivity index (χ3n) is 7.53. The number of hydrogen-bond acceptors (Lipinski definition) is 5. The summed E-state index contributed by atoms with van der Waals surface area (Å²) in [7, 11) is 1.60. The number of rotatable bonds is 12. The lowest BCUT2D eigenvalue weighted by molar-refractivity contribution is -0.138. The second-order valence-corrected chi connectivity index (χ2v) is 11.3. The van der Waals surface area contributed by atoms with Crippen LogP contribution in [0.25, 0.3) is 0 Å². The van der Waals surface area contributed by atoms with Crippen LogP contribution in [-0.4, -0.2) is 71.0 Å². The van der Waals surface area contributed by atoms with E-state index in [9.17, 15) is 19.5 Å². The molecular formula is C29H35Cl2N3O5. The Hall–Kier alpha value is -2.81. The SMILES string of the molecule is Cc1cc(CN(CC2CCCC2)C(CC(=O)O)c2ccc(Cl)c(Cl)c2)ccc1OCCN1C(=O)CN(C)C1=O. The van der Waals surface area contributed by atoms with Gasteiger partial charge in [-0.3, -0.25) is 19.4 Å². The van der Waals surface area contributed by atoms with Crippen LogP contribution in [0, 0.1) is 12.8 Å². The first-order valence-corrected chi connectivity index (χ1v) is 14.1. The summed E-state index contributed by atoms with van der Waals surface area (Å²) in [6, 6.07) is 10.6. The monoisotopic (exact) mass is 575 g/mol. The molecule has 4 rings (SSSR count). The first-order chi connectivity index (χ1) is 18.6. The fraction of sp³-hybridized carbons (Fsp3) is 0.483. The minimum absolute atomic E-state index is 0.0476. The lowest BCUT2D eigenvalue weighted by Crippen LogP contribution is -2.35. The van der Waals surface area contributed by atoms with E-state index in [1.165, 1.54) is 22.6 Å². The third kappa shape index (κ3) is 7.44. The molecule has 2 aromatic carbocycles. The van der Waals surface area contributed by atoms with Crippen molar-refractivity contribution < 1.29 is 24.2 Å². The zero-order chi connectivity index (χ0) is 28.1. The van der Waals surface area contributed by atoms with E-state index in [2.05, 4.69) is 4.90 Å². The second kappa shape index (κ2) is 13.0. The third-order valence-corrected chi connectivity index (χ3v) is 8.27. The van der Waals surface area contributed by atoms with Gasteiger partial charge in [-0.2, -0.15) is 0 Å². The number of carbonyl (C=O) groups excluding carboxylic acids is 2. The maximum absolute atomic E-state index is 12.1. The number of amides is 3. The Kier molecular flexibility index (Phi) is 9.75. The Bertz CT molecular complexity index is 1220. The summed E-state index contributed by atoms with van der Waals surface area (Å²) in [6.45, 7) is 3.81. The van der Waals surface area contributed by atoms with E-state index >= 15 is 0 Å². The first kappa shape index (κ1) is 29.2. The number of carboxylic acid groups (broad SMARTS) is 1. The fourth-order valence-corrected chi connectivity index (χ4v) is 5.82. The number of ether oxygens (including phenoxy) is 1. The summed E-state index contributed by atoms with van der Waals surface area (Å²) in [5, 5.41) is 10.6. The van der Waals surface area contributed by atoms with E-state index in [0.29, 0.717) is 28.3 Å². The summed E-state index contributed by atoms with van der Waals surface area (Å²) >= 11 is 12.5. The summed E-state index contributed by atoms with van der Waals surface area (Å²) in [6.07, 6.45) is 4.63. The van der Waals surface area contributed by atoms with Crippen molar-refractivity contribution in [2.75, 3.05) is 33.3 Å². The van der Waals surface area contributed by atoms with Crippen molar-refractivity contribution in [2.45, 2.75) is 51.6 Å². The van der Waals surface area contributed by atoms with E-state index in [1.54, 1.807) is 19.2 Å². The average molecular weight is 577 g/mol. The Morgan fingerprint density at radius 3 is 2.49 bits per heavy atom.